The molecule has 354 valence electrons. The third-order valence-corrected chi connectivity index (χ3v) is 11.1. The lowest BCUT2D eigenvalue weighted by Gasteiger charge is -2.21. The highest BCUT2D eigenvalue weighted by atomic mass is 16.5. The zero-order valence-electron chi connectivity index (χ0n) is 40.6. The van der Waals surface area contributed by atoms with Gasteiger partial charge in [-0.2, -0.15) is 0 Å². The molecule has 10 heteroatoms. The van der Waals surface area contributed by atoms with Crippen LogP contribution in [0.25, 0.3) is 0 Å². The topological polar surface area (TPSA) is 92.3 Å². The van der Waals surface area contributed by atoms with Gasteiger partial charge in [0.2, 0.25) is 0 Å². The normalized spacial score (nSPS) is 11.9. The fourth-order valence-corrected chi connectivity index (χ4v) is 8.45. The zero-order valence-corrected chi connectivity index (χ0v) is 40.6. The van der Waals surface area contributed by atoms with Crippen molar-refractivity contribution in [1.82, 2.24) is 0 Å². The van der Waals surface area contributed by atoms with Gasteiger partial charge in [-0.1, -0.05) is 11.8 Å². The molecular weight excluding hydrogens is 845 g/mol. The predicted molar refractivity (Wildman–Crippen MR) is 264 cm³/mol. The van der Waals surface area contributed by atoms with Gasteiger partial charge in [-0.3, -0.25) is 0 Å². The van der Waals surface area contributed by atoms with Crippen LogP contribution in [0.2, 0.25) is 0 Å². The molecule has 67 heavy (non-hydrogen) atoms. The third kappa shape index (κ3) is 12.4. The molecule has 10 aliphatic carbocycles. The molecule has 0 atom stereocenters. The number of rotatable bonds is 20. The minimum absolute atomic E-state index is 0.0617. The van der Waals surface area contributed by atoms with Gasteiger partial charge in [-0.05, 0) is 116 Å². The highest BCUT2D eigenvalue weighted by Crippen LogP contribution is 2.43. The van der Waals surface area contributed by atoms with Gasteiger partial charge < -0.3 is 47.4 Å². The standard InChI is InChI=1S/C57H66O10/c1-11-21-66-56-36-47-27-45-35-53(63-18-8)43(33-55(45)65-20-10)25-41-31-49(59-14-4)39(29-51(41)61-16-6)23-38-28-50(60-15-5)40(30-48(38)58-13-3)24-42-32-54(64-19-9)44(34-52(42)62-17-7)26-46(56)37-57(47)67-22-12-2/h1-2,28-37H,13-27H2,3-10H3. The van der Waals surface area contributed by atoms with Gasteiger partial charge in [0, 0.05) is 87.7 Å². The molecule has 0 aromatic heterocycles. The summed E-state index contributed by atoms with van der Waals surface area (Å²) in [6.07, 6.45) is 13.9. The van der Waals surface area contributed by atoms with E-state index in [1.54, 1.807) is 0 Å². The number of hydrogen-bond acceptors (Lipinski definition) is 10. The van der Waals surface area contributed by atoms with Crippen molar-refractivity contribution in [3.63, 3.8) is 0 Å². The first-order valence-corrected chi connectivity index (χ1v) is 23.7. The van der Waals surface area contributed by atoms with E-state index in [9.17, 15) is 0 Å². The molecule has 0 saturated heterocycles. The molecule has 0 amide bonds. The molecule has 0 aliphatic heterocycles. The minimum atomic E-state index is 0.0617. The number of ether oxygens (including phenoxy) is 10. The van der Waals surface area contributed by atoms with Crippen molar-refractivity contribution in [2.75, 3.05) is 66.1 Å². The second-order valence-corrected chi connectivity index (χ2v) is 15.7. The van der Waals surface area contributed by atoms with Crippen molar-refractivity contribution >= 4 is 0 Å². The maximum absolute atomic E-state index is 6.43. The Balaban J connectivity index is 1.69. The Labute approximate surface area is 398 Å². The lowest BCUT2D eigenvalue weighted by Crippen LogP contribution is -2.08. The average molecular weight is 911 g/mol. The summed E-state index contributed by atoms with van der Waals surface area (Å²) in [4.78, 5) is 0. The predicted octanol–water partition coefficient (Wildman–Crippen LogP) is 11.2. The Kier molecular flexibility index (Phi) is 18.3. The van der Waals surface area contributed by atoms with E-state index in [1.807, 2.05) is 67.5 Å². The number of hydrogen-bond donors (Lipinski definition) is 0. The van der Waals surface area contributed by atoms with E-state index >= 15 is 0 Å². The van der Waals surface area contributed by atoms with Crippen LogP contribution in [0.1, 0.15) is 111 Å². The van der Waals surface area contributed by atoms with Crippen LogP contribution in [0.5, 0.6) is 57.5 Å². The van der Waals surface area contributed by atoms with Crippen molar-refractivity contribution in [3.05, 3.63) is 116 Å². The van der Waals surface area contributed by atoms with Crippen LogP contribution >= 0.6 is 0 Å². The van der Waals surface area contributed by atoms with Crippen molar-refractivity contribution in [2.24, 2.45) is 0 Å². The molecule has 0 unspecified atom stereocenters. The average Bonchev–Trinajstić information content (AvgIpc) is 3.31. The second-order valence-electron chi connectivity index (χ2n) is 15.7. The second kappa shape index (κ2) is 24.7. The molecule has 0 fully saturated rings. The van der Waals surface area contributed by atoms with Crippen LogP contribution < -0.4 is 47.4 Å². The largest absolute Gasteiger partial charge is 0.494 e. The van der Waals surface area contributed by atoms with Crippen LogP contribution in [0, 0.1) is 24.7 Å². The van der Waals surface area contributed by atoms with E-state index < -0.39 is 0 Å². The lowest BCUT2D eigenvalue weighted by molar-refractivity contribution is 0.320. The van der Waals surface area contributed by atoms with E-state index in [4.69, 9.17) is 60.2 Å². The summed E-state index contributed by atoms with van der Waals surface area (Å²) in [6, 6.07) is 20.6. The Hall–Kier alpha value is -6.78. The highest BCUT2D eigenvalue weighted by Gasteiger charge is 2.24. The minimum Gasteiger partial charge on any atom is -0.494 e. The summed E-state index contributed by atoms with van der Waals surface area (Å²) in [7, 11) is 0. The van der Waals surface area contributed by atoms with Crippen LogP contribution in [-0.2, 0) is 32.1 Å². The maximum atomic E-state index is 6.43. The Bertz CT molecular complexity index is 2370. The van der Waals surface area contributed by atoms with Gasteiger partial charge in [-0.15, -0.1) is 12.8 Å². The van der Waals surface area contributed by atoms with Crippen molar-refractivity contribution in [3.8, 4) is 82.2 Å². The van der Waals surface area contributed by atoms with Gasteiger partial charge in [0.05, 0.1) is 52.9 Å². The first kappa shape index (κ1) is 49.6. The molecule has 5 aromatic rings. The molecule has 5 aromatic carbocycles. The summed E-state index contributed by atoms with van der Waals surface area (Å²) in [6.45, 7) is 19.7. The molecule has 10 nitrogen and oxygen atoms in total. The van der Waals surface area contributed by atoms with E-state index in [1.165, 1.54) is 0 Å². The van der Waals surface area contributed by atoms with E-state index in [2.05, 4.69) is 60.4 Å². The van der Waals surface area contributed by atoms with Gasteiger partial charge >= 0.3 is 0 Å². The van der Waals surface area contributed by atoms with Crippen LogP contribution in [0.4, 0.5) is 0 Å². The van der Waals surface area contributed by atoms with E-state index in [0.717, 1.165) is 90.1 Å². The lowest BCUT2D eigenvalue weighted by atomic mass is 9.94. The molecule has 15 rings (SSSR count). The summed E-state index contributed by atoms with van der Waals surface area (Å²) in [5.74, 6) is 12.4. The monoisotopic (exact) mass is 910 g/mol. The summed E-state index contributed by atoms with van der Waals surface area (Å²) in [5.41, 5.74) is 9.15. The first-order valence-electron chi connectivity index (χ1n) is 23.7. The first-order chi connectivity index (χ1) is 32.7. The van der Waals surface area contributed by atoms with Gasteiger partial charge in [-0.25, -0.2) is 0 Å². The molecule has 0 spiro atoms. The zero-order chi connectivity index (χ0) is 47.7. The smallest absolute Gasteiger partial charge is 0.148 e. The Morgan fingerprint density at radius 1 is 0.269 bits per heavy atom. The van der Waals surface area contributed by atoms with Gasteiger partial charge in [0.25, 0.3) is 0 Å². The molecule has 10 aliphatic rings. The van der Waals surface area contributed by atoms with E-state index in [-0.39, 0.29) is 13.2 Å². The van der Waals surface area contributed by atoms with Crippen molar-refractivity contribution < 1.29 is 47.4 Å². The van der Waals surface area contributed by atoms with Gasteiger partial charge in [0.1, 0.15) is 70.7 Å². The van der Waals surface area contributed by atoms with E-state index in [0.29, 0.717) is 108 Å². The van der Waals surface area contributed by atoms with Crippen LogP contribution in [0.15, 0.2) is 60.7 Å². The van der Waals surface area contributed by atoms with Crippen LogP contribution in [0.3, 0.4) is 0 Å². The van der Waals surface area contributed by atoms with Gasteiger partial charge in [0.15, 0.2) is 0 Å². The highest BCUT2D eigenvalue weighted by molar-refractivity contribution is 5.59. The van der Waals surface area contributed by atoms with Crippen molar-refractivity contribution in [1.29, 1.82) is 0 Å². The summed E-state index contributed by atoms with van der Waals surface area (Å²) >= 11 is 0. The fraction of sp³-hybridized carbons (Fsp3) is 0.404. The maximum Gasteiger partial charge on any atom is 0.148 e. The molecule has 10 bridgehead atoms. The SMILES string of the molecule is C#CCOc1cc2c(OCC#C)cc1Cc1cc(OCC)c(cc1OCC)Cc1cc(OCC)c(cc1OCC)Cc1cc(OCC)c(cc1OCC)Cc1cc(OCC)c(cc1OCC)C2. The molecule has 0 N–H and O–H groups in total. The Morgan fingerprint density at radius 2 is 0.403 bits per heavy atom. The van der Waals surface area contributed by atoms with Crippen molar-refractivity contribution in [2.45, 2.75) is 87.5 Å². The fourth-order valence-electron chi connectivity index (χ4n) is 8.45. The third-order valence-electron chi connectivity index (χ3n) is 11.1. The molecule has 0 saturated carbocycles. The number of benzene rings is 5. The van der Waals surface area contributed by atoms with Crippen LogP contribution in [-0.4, -0.2) is 66.1 Å². The summed E-state index contributed by atoms with van der Waals surface area (Å²) in [5, 5.41) is 0. The molecule has 0 heterocycles. The quantitative estimate of drug-likeness (QED) is 0.0690. The Morgan fingerprint density at radius 3 is 0.522 bits per heavy atom. The molecular formula is C57H66O10. The number of terminal acetylenes is 2. The summed E-state index contributed by atoms with van der Waals surface area (Å²) < 4.78 is 64.0. The molecule has 0 radical (unpaired) electrons.